The lowest BCUT2D eigenvalue weighted by Gasteiger charge is -2.14. The Morgan fingerprint density at radius 3 is 2.21 bits per heavy atom. The normalized spacial score (nSPS) is 10.7. The van der Waals surface area contributed by atoms with Crippen LogP contribution in [0.3, 0.4) is 0 Å². The van der Waals surface area contributed by atoms with Crippen LogP contribution in [-0.4, -0.2) is 37.2 Å². The first-order valence-corrected chi connectivity index (χ1v) is 9.85. The summed E-state index contributed by atoms with van der Waals surface area (Å²) in [6, 6.07) is 13.3. The minimum absolute atomic E-state index is 0.293. The number of hydrogen-bond donors (Lipinski definition) is 2. The Morgan fingerprint density at radius 2 is 1.61 bits per heavy atom. The Bertz CT molecular complexity index is 1370. The zero-order valence-corrected chi connectivity index (χ0v) is 18.1. The van der Waals surface area contributed by atoms with Crippen molar-refractivity contribution in [2.45, 2.75) is 0 Å². The minimum atomic E-state index is -0.433. The summed E-state index contributed by atoms with van der Waals surface area (Å²) in [5, 5.41) is 2.99. The number of nitrogens with zero attached hydrogens (tertiary/aromatic N) is 1. The highest BCUT2D eigenvalue weighted by Gasteiger charge is 2.16. The number of anilines is 1. The van der Waals surface area contributed by atoms with E-state index in [-0.39, 0.29) is 5.56 Å². The third kappa shape index (κ3) is 4.33. The lowest BCUT2D eigenvalue weighted by molar-refractivity contribution is 0.102. The van der Waals surface area contributed by atoms with Gasteiger partial charge >= 0.3 is 0 Å². The summed E-state index contributed by atoms with van der Waals surface area (Å²) < 4.78 is 29.1. The Labute approximate surface area is 188 Å². The molecule has 0 aliphatic heterocycles. The number of carbonyl (C=O) groups is 1. The molecule has 0 bridgehead atoms. The van der Waals surface area contributed by atoms with Crippen molar-refractivity contribution < 1.29 is 23.4 Å². The number of nitrogens with one attached hydrogen (secondary N) is 2. The van der Waals surface area contributed by atoms with Crippen molar-refractivity contribution in [2.75, 3.05) is 26.6 Å². The minimum Gasteiger partial charge on any atom is -0.493 e. The zero-order chi connectivity index (χ0) is 23.5. The van der Waals surface area contributed by atoms with Gasteiger partial charge in [0.05, 0.1) is 32.2 Å². The van der Waals surface area contributed by atoms with Crippen LogP contribution in [0.25, 0.3) is 22.3 Å². The lowest BCUT2D eigenvalue weighted by atomic mass is 10.1. The molecule has 4 rings (SSSR count). The van der Waals surface area contributed by atoms with Crippen LogP contribution in [0.2, 0.25) is 0 Å². The molecule has 0 aliphatic carbocycles. The number of fused-ring (bicyclic) bond motifs is 1. The Kier molecular flexibility index (Phi) is 5.95. The molecule has 2 N–H and O–H groups in total. The van der Waals surface area contributed by atoms with Crippen LogP contribution in [0.15, 0.2) is 59.4 Å². The van der Waals surface area contributed by atoms with Gasteiger partial charge in [0.2, 0.25) is 5.75 Å². The molecular weight excluding hydrogens is 429 g/mol. The highest BCUT2D eigenvalue weighted by Crippen LogP contribution is 2.40. The average Bonchev–Trinajstić information content (AvgIpc) is 2.83. The van der Waals surface area contributed by atoms with Gasteiger partial charge < -0.3 is 24.5 Å². The number of ether oxygens (including phenoxy) is 3. The third-order valence-electron chi connectivity index (χ3n) is 5.01. The van der Waals surface area contributed by atoms with Crippen molar-refractivity contribution >= 4 is 22.5 Å². The van der Waals surface area contributed by atoms with Crippen molar-refractivity contribution in [3.63, 3.8) is 0 Å². The largest absolute Gasteiger partial charge is 0.493 e. The molecule has 0 aliphatic rings. The fraction of sp³-hybridized carbons (Fsp3) is 0.125. The monoisotopic (exact) mass is 449 g/mol. The van der Waals surface area contributed by atoms with E-state index in [1.807, 2.05) is 0 Å². The number of halogens is 1. The summed E-state index contributed by atoms with van der Waals surface area (Å²) in [6.45, 7) is 0. The van der Waals surface area contributed by atoms with E-state index in [4.69, 9.17) is 14.2 Å². The van der Waals surface area contributed by atoms with Crippen LogP contribution in [0, 0.1) is 5.82 Å². The second kappa shape index (κ2) is 8.99. The number of H-pyrrole nitrogens is 1. The summed E-state index contributed by atoms with van der Waals surface area (Å²) in [5.74, 6) is 0.732. The van der Waals surface area contributed by atoms with Gasteiger partial charge in [0, 0.05) is 16.8 Å². The molecular formula is C24H20FN3O5. The molecule has 3 aromatic carbocycles. The molecule has 1 heterocycles. The molecule has 0 radical (unpaired) electrons. The number of carbonyl (C=O) groups excluding carboxylic acids is 1. The zero-order valence-electron chi connectivity index (χ0n) is 18.1. The van der Waals surface area contributed by atoms with E-state index < -0.39 is 11.7 Å². The summed E-state index contributed by atoms with van der Waals surface area (Å²) >= 11 is 0. The predicted octanol–water partition coefficient (Wildman–Crippen LogP) is 4.01. The number of aromatic amines is 1. The van der Waals surface area contributed by atoms with Gasteiger partial charge in [-0.05, 0) is 54.6 Å². The van der Waals surface area contributed by atoms with Crippen LogP contribution < -0.4 is 25.1 Å². The standard InChI is InChI=1S/C24H20FN3O5/c1-31-19-10-14(11-20(32-2)21(19)33-3)22-27-18-9-8-16(12-17(18)24(30)28-22)26-23(29)13-4-6-15(25)7-5-13/h4-12H,1-3H3,(H,26,29)(H,27,28,30). The number of amides is 1. The van der Waals surface area contributed by atoms with E-state index in [0.717, 1.165) is 0 Å². The average molecular weight is 449 g/mol. The quantitative estimate of drug-likeness (QED) is 0.461. The van der Waals surface area contributed by atoms with E-state index in [1.165, 1.54) is 51.7 Å². The summed E-state index contributed by atoms with van der Waals surface area (Å²) in [6.07, 6.45) is 0. The fourth-order valence-corrected chi connectivity index (χ4v) is 3.38. The second-order valence-corrected chi connectivity index (χ2v) is 7.02. The predicted molar refractivity (Wildman–Crippen MR) is 122 cm³/mol. The summed E-state index contributed by atoms with van der Waals surface area (Å²) in [5.41, 5.74) is 1.31. The third-order valence-corrected chi connectivity index (χ3v) is 5.01. The Morgan fingerprint density at radius 1 is 0.939 bits per heavy atom. The molecule has 1 aromatic heterocycles. The Hall–Kier alpha value is -4.40. The van der Waals surface area contributed by atoms with Gasteiger partial charge in [0.25, 0.3) is 11.5 Å². The van der Waals surface area contributed by atoms with Crippen LogP contribution in [0.1, 0.15) is 10.4 Å². The Balaban J connectivity index is 1.70. The second-order valence-electron chi connectivity index (χ2n) is 7.02. The van der Waals surface area contributed by atoms with Crippen molar-refractivity contribution in [1.82, 2.24) is 9.97 Å². The number of benzene rings is 3. The van der Waals surface area contributed by atoms with Gasteiger partial charge in [-0.25, -0.2) is 9.37 Å². The van der Waals surface area contributed by atoms with E-state index in [0.29, 0.717) is 50.8 Å². The van der Waals surface area contributed by atoms with Crippen LogP contribution in [-0.2, 0) is 0 Å². The number of aromatic nitrogens is 2. The van der Waals surface area contributed by atoms with Crippen molar-refractivity contribution in [1.29, 1.82) is 0 Å². The maximum atomic E-state index is 13.1. The lowest BCUT2D eigenvalue weighted by Crippen LogP contribution is -2.13. The smallest absolute Gasteiger partial charge is 0.259 e. The highest BCUT2D eigenvalue weighted by molar-refractivity contribution is 6.05. The molecule has 0 unspecified atom stereocenters. The molecule has 4 aromatic rings. The van der Waals surface area contributed by atoms with Gasteiger partial charge in [0.15, 0.2) is 11.5 Å². The van der Waals surface area contributed by atoms with Gasteiger partial charge in [0.1, 0.15) is 11.6 Å². The van der Waals surface area contributed by atoms with Gasteiger partial charge in [-0.1, -0.05) is 0 Å². The number of rotatable bonds is 6. The molecule has 9 heteroatoms. The first-order valence-electron chi connectivity index (χ1n) is 9.85. The van der Waals surface area contributed by atoms with E-state index in [1.54, 1.807) is 24.3 Å². The van der Waals surface area contributed by atoms with Gasteiger partial charge in [-0.2, -0.15) is 0 Å². The maximum Gasteiger partial charge on any atom is 0.259 e. The molecule has 0 saturated heterocycles. The van der Waals surface area contributed by atoms with Gasteiger partial charge in [-0.3, -0.25) is 9.59 Å². The SMILES string of the molecule is COc1cc(-c2nc3ccc(NC(=O)c4ccc(F)cc4)cc3c(=O)[nH]2)cc(OC)c1OC. The van der Waals surface area contributed by atoms with E-state index in [2.05, 4.69) is 15.3 Å². The van der Waals surface area contributed by atoms with Crippen molar-refractivity contribution in [3.05, 3.63) is 76.3 Å². The molecule has 0 spiro atoms. The van der Waals surface area contributed by atoms with Crippen LogP contribution >= 0.6 is 0 Å². The van der Waals surface area contributed by atoms with Crippen molar-refractivity contribution in [3.8, 4) is 28.6 Å². The molecule has 168 valence electrons. The molecule has 33 heavy (non-hydrogen) atoms. The molecule has 8 nitrogen and oxygen atoms in total. The highest BCUT2D eigenvalue weighted by atomic mass is 19.1. The summed E-state index contributed by atoms with van der Waals surface area (Å²) in [4.78, 5) is 32.5. The maximum absolute atomic E-state index is 13.1. The van der Waals surface area contributed by atoms with Crippen LogP contribution in [0.5, 0.6) is 17.2 Å². The first kappa shape index (κ1) is 21.8. The molecule has 0 atom stereocenters. The van der Waals surface area contributed by atoms with E-state index in [9.17, 15) is 14.0 Å². The molecule has 1 amide bonds. The van der Waals surface area contributed by atoms with E-state index >= 15 is 0 Å². The van der Waals surface area contributed by atoms with Crippen molar-refractivity contribution in [2.24, 2.45) is 0 Å². The fourth-order valence-electron chi connectivity index (χ4n) is 3.38. The number of methoxy groups -OCH3 is 3. The number of hydrogen-bond acceptors (Lipinski definition) is 6. The van der Waals surface area contributed by atoms with Crippen LogP contribution in [0.4, 0.5) is 10.1 Å². The molecule has 0 fully saturated rings. The van der Waals surface area contributed by atoms with Gasteiger partial charge in [-0.15, -0.1) is 0 Å². The summed E-state index contributed by atoms with van der Waals surface area (Å²) in [7, 11) is 4.50. The first-order chi connectivity index (χ1) is 15.9. The topological polar surface area (TPSA) is 103 Å². The molecule has 0 saturated carbocycles.